The Balaban J connectivity index is 2.50. The summed E-state index contributed by atoms with van der Waals surface area (Å²) in [6.07, 6.45) is 1.11. The molecule has 1 aromatic carbocycles. The monoisotopic (exact) mass is 207 g/mol. The first-order valence-electron chi connectivity index (χ1n) is 5.13. The van der Waals surface area contributed by atoms with Crippen LogP contribution < -0.4 is 5.32 Å². The largest absolute Gasteiger partial charge is 0.313 e. The molecule has 0 saturated heterocycles. The zero-order valence-electron chi connectivity index (χ0n) is 8.99. The van der Waals surface area contributed by atoms with Crippen LogP contribution in [-0.2, 0) is 5.41 Å². The Kier molecular flexibility index (Phi) is 2.23. The van der Waals surface area contributed by atoms with E-state index >= 15 is 0 Å². The van der Waals surface area contributed by atoms with Crippen molar-refractivity contribution in [2.75, 3.05) is 6.54 Å². The summed E-state index contributed by atoms with van der Waals surface area (Å²) in [5.74, 6) is 0. The molecule has 2 N–H and O–H groups in total. The number of nitrogens with two attached hydrogens (primary N) is 1. The number of nitro benzene ring substituents is 1. The quantitative estimate of drug-likeness (QED) is 0.430. The van der Waals surface area contributed by atoms with Crippen LogP contribution in [0.15, 0.2) is 18.2 Å². The molecule has 2 rings (SSSR count). The van der Waals surface area contributed by atoms with Crippen LogP contribution >= 0.6 is 0 Å². The van der Waals surface area contributed by atoms with E-state index in [0.717, 1.165) is 18.7 Å². The highest BCUT2D eigenvalue weighted by atomic mass is 16.6. The van der Waals surface area contributed by atoms with Gasteiger partial charge in [0.25, 0.3) is 5.69 Å². The van der Waals surface area contributed by atoms with Gasteiger partial charge in [-0.15, -0.1) is 0 Å². The fourth-order valence-corrected chi connectivity index (χ4v) is 2.17. The molecule has 15 heavy (non-hydrogen) atoms. The summed E-state index contributed by atoms with van der Waals surface area (Å²) in [5.41, 5.74) is 2.57. The molecular weight excluding hydrogens is 192 g/mol. The second-order valence-electron chi connectivity index (χ2n) is 4.66. The second-order valence-corrected chi connectivity index (χ2v) is 4.66. The smallest absolute Gasteiger partial charge is 0.275 e. The number of hydrogen-bond acceptors (Lipinski definition) is 2. The van der Waals surface area contributed by atoms with Crippen LogP contribution in [0.4, 0.5) is 11.4 Å². The average Bonchev–Trinajstić information content (AvgIpc) is 2.16. The maximum atomic E-state index is 10.6. The van der Waals surface area contributed by atoms with Crippen LogP contribution in [0.3, 0.4) is 0 Å². The Morgan fingerprint density at radius 1 is 1.47 bits per heavy atom. The minimum Gasteiger partial charge on any atom is -0.313 e. The van der Waals surface area contributed by atoms with Crippen molar-refractivity contribution >= 4 is 11.4 Å². The predicted molar refractivity (Wildman–Crippen MR) is 57.2 cm³/mol. The standard InChI is InChI=1S/C11H14N2O2/c1-11(2)5-6-12-10-7-8(13(14)15)3-4-9(10)11/h3-4,7,12H,5-6H2,1-2H3/p+1. The normalized spacial score (nSPS) is 18.3. The lowest BCUT2D eigenvalue weighted by Gasteiger charge is -2.29. The molecule has 0 aliphatic carbocycles. The van der Waals surface area contributed by atoms with Gasteiger partial charge in [0.1, 0.15) is 5.69 Å². The van der Waals surface area contributed by atoms with E-state index in [2.05, 4.69) is 19.2 Å². The van der Waals surface area contributed by atoms with Gasteiger partial charge in [0, 0.05) is 23.5 Å². The van der Waals surface area contributed by atoms with E-state index in [0.29, 0.717) is 0 Å². The zero-order valence-corrected chi connectivity index (χ0v) is 8.99. The molecule has 0 bridgehead atoms. The number of hydrogen-bond donors (Lipinski definition) is 1. The second kappa shape index (κ2) is 3.31. The molecule has 0 saturated carbocycles. The number of rotatable bonds is 1. The van der Waals surface area contributed by atoms with E-state index in [1.54, 1.807) is 12.1 Å². The molecule has 1 aromatic rings. The van der Waals surface area contributed by atoms with Gasteiger partial charge in [0.05, 0.1) is 17.5 Å². The number of benzene rings is 1. The lowest BCUT2D eigenvalue weighted by molar-refractivity contribution is -0.578. The molecule has 0 unspecified atom stereocenters. The molecule has 4 heteroatoms. The first-order chi connectivity index (χ1) is 7.00. The Labute approximate surface area is 88.5 Å². The van der Waals surface area contributed by atoms with Crippen LogP contribution in [0.1, 0.15) is 25.8 Å². The predicted octanol–water partition coefficient (Wildman–Crippen LogP) is 1.47. The number of nitro groups is 1. The zero-order chi connectivity index (χ0) is 11.1. The van der Waals surface area contributed by atoms with Gasteiger partial charge in [-0.05, 0) is 6.07 Å². The number of non-ortho nitro benzene ring substituents is 1. The summed E-state index contributed by atoms with van der Waals surface area (Å²) in [6, 6.07) is 5.17. The van der Waals surface area contributed by atoms with Gasteiger partial charge >= 0.3 is 0 Å². The third-order valence-electron chi connectivity index (χ3n) is 3.11. The van der Waals surface area contributed by atoms with Crippen molar-refractivity contribution in [2.24, 2.45) is 0 Å². The number of fused-ring (bicyclic) bond motifs is 1. The van der Waals surface area contributed by atoms with E-state index < -0.39 is 0 Å². The molecule has 4 nitrogen and oxygen atoms in total. The summed E-state index contributed by atoms with van der Waals surface area (Å²) < 4.78 is 0. The summed E-state index contributed by atoms with van der Waals surface area (Å²) in [7, 11) is 0. The topological polar surface area (TPSA) is 59.8 Å². The molecule has 1 heterocycles. The van der Waals surface area contributed by atoms with Crippen molar-refractivity contribution in [3.8, 4) is 0 Å². The Hall–Kier alpha value is -1.42. The Morgan fingerprint density at radius 3 is 2.87 bits per heavy atom. The van der Waals surface area contributed by atoms with E-state index in [-0.39, 0.29) is 16.0 Å². The summed E-state index contributed by atoms with van der Waals surface area (Å²) in [6.45, 7) is 5.37. The first-order valence-corrected chi connectivity index (χ1v) is 5.13. The van der Waals surface area contributed by atoms with Crippen LogP contribution in [0.5, 0.6) is 0 Å². The van der Waals surface area contributed by atoms with Gasteiger partial charge < -0.3 is 5.32 Å². The van der Waals surface area contributed by atoms with Crippen molar-refractivity contribution in [2.45, 2.75) is 25.7 Å². The van der Waals surface area contributed by atoms with Crippen molar-refractivity contribution in [3.63, 3.8) is 0 Å². The van der Waals surface area contributed by atoms with Crippen molar-refractivity contribution in [1.82, 2.24) is 0 Å². The minimum atomic E-state index is -0.338. The van der Waals surface area contributed by atoms with Gasteiger partial charge in [0.2, 0.25) is 0 Å². The van der Waals surface area contributed by atoms with Crippen LogP contribution in [0.2, 0.25) is 0 Å². The summed E-state index contributed by atoms with van der Waals surface area (Å²) in [5, 5.41) is 12.7. The van der Waals surface area contributed by atoms with Gasteiger partial charge in [0.15, 0.2) is 0 Å². The van der Waals surface area contributed by atoms with Crippen LogP contribution in [0.25, 0.3) is 0 Å². The lowest BCUT2D eigenvalue weighted by atomic mass is 9.78. The third-order valence-corrected chi connectivity index (χ3v) is 3.11. The van der Waals surface area contributed by atoms with Crippen molar-refractivity contribution < 1.29 is 10.2 Å². The van der Waals surface area contributed by atoms with Crippen LogP contribution in [-0.4, -0.2) is 11.5 Å². The highest BCUT2D eigenvalue weighted by Gasteiger charge is 2.31. The SMILES string of the molecule is CC1(C)CC[NH2+]c2cc([N+](=O)[O-])ccc21. The van der Waals surface area contributed by atoms with E-state index in [1.807, 2.05) is 6.07 Å². The first kappa shape index (κ1) is 10.1. The van der Waals surface area contributed by atoms with Crippen molar-refractivity contribution in [3.05, 3.63) is 33.9 Å². The summed E-state index contributed by atoms with van der Waals surface area (Å²) >= 11 is 0. The molecule has 80 valence electrons. The highest BCUT2D eigenvalue weighted by molar-refractivity contribution is 5.52. The minimum absolute atomic E-state index is 0.138. The fourth-order valence-electron chi connectivity index (χ4n) is 2.17. The lowest BCUT2D eigenvalue weighted by Crippen LogP contribution is -2.81. The molecule has 0 atom stereocenters. The number of quaternary nitrogens is 1. The van der Waals surface area contributed by atoms with Crippen molar-refractivity contribution in [1.29, 1.82) is 0 Å². The van der Waals surface area contributed by atoms with Crippen LogP contribution in [0, 0.1) is 10.1 Å². The molecule has 0 aromatic heterocycles. The molecule has 1 aliphatic rings. The molecule has 0 amide bonds. The average molecular weight is 207 g/mol. The Morgan fingerprint density at radius 2 is 2.20 bits per heavy atom. The third kappa shape index (κ3) is 1.72. The van der Waals surface area contributed by atoms with Gasteiger partial charge in [-0.1, -0.05) is 13.8 Å². The van der Waals surface area contributed by atoms with Gasteiger partial charge in [-0.25, -0.2) is 0 Å². The highest BCUT2D eigenvalue weighted by Crippen LogP contribution is 2.34. The molecule has 0 spiro atoms. The summed E-state index contributed by atoms with van der Waals surface area (Å²) in [4.78, 5) is 10.3. The maximum absolute atomic E-state index is 10.6. The fraction of sp³-hybridized carbons (Fsp3) is 0.455. The molecule has 0 radical (unpaired) electrons. The number of nitrogens with zero attached hydrogens (tertiary/aromatic N) is 1. The molecule has 0 fully saturated rings. The van der Waals surface area contributed by atoms with E-state index in [9.17, 15) is 10.1 Å². The van der Waals surface area contributed by atoms with E-state index in [1.165, 1.54) is 5.56 Å². The molecular formula is C11H15N2O2+. The van der Waals surface area contributed by atoms with Gasteiger partial charge in [-0.2, -0.15) is 0 Å². The Bertz CT molecular complexity index is 413. The van der Waals surface area contributed by atoms with Gasteiger partial charge in [-0.3, -0.25) is 10.1 Å². The molecule has 1 aliphatic heterocycles. The maximum Gasteiger partial charge on any atom is 0.275 e. The van der Waals surface area contributed by atoms with E-state index in [4.69, 9.17) is 0 Å².